The lowest BCUT2D eigenvalue weighted by molar-refractivity contribution is -0.116. The quantitative estimate of drug-likeness (QED) is 0.147. The first-order chi connectivity index (χ1) is 21.4. The van der Waals surface area contributed by atoms with Crippen LogP contribution in [0.5, 0.6) is 11.5 Å². The Morgan fingerprint density at radius 1 is 0.909 bits per heavy atom. The highest BCUT2D eigenvalue weighted by Gasteiger charge is 2.24. The van der Waals surface area contributed by atoms with Gasteiger partial charge in [0, 0.05) is 32.9 Å². The number of para-hydroxylation sites is 1. The van der Waals surface area contributed by atoms with Crippen LogP contribution in [0.4, 0.5) is 11.4 Å². The normalized spacial score (nSPS) is 12.3. The fraction of sp³-hybridized carbons (Fsp3) is 0.147. The number of ether oxygens (including phenoxy) is 2. The van der Waals surface area contributed by atoms with Crippen LogP contribution in [0.1, 0.15) is 21.5 Å². The van der Waals surface area contributed by atoms with Gasteiger partial charge in [-0.3, -0.25) is 14.4 Å². The Hall–Kier alpha value is -4.54. The third-order valence-electron chi connectivity index (χ3n) is 6.99. The molecule has 0 atom stereocenters. The van der Waals surface area contributed by atoms with Gasteiger partial charge in [0.25, 0.3) is 11.8 Å². The van der Waals surface area contributed by atoms with Gasteiger partial charge in [0.2, 0.25) is 5.91 Å². The van der Waals surface area contributed by atoms with E-state index in [9.17, 15) is 14.4 Å². The van der Waals surface area contributed by atoms with E-state index in [-0.39, 0.29) is 11.6 Å². The van der Waals surface area contributed by atoms with Crippen LogP contribution in [-0.2, 0) is 16.0 Å². The number of methoxy groups -OCH3 is 2. The molecule has 2 N–H and O–H groups in total. The molecule has 0 saturated carbocycles. The summed E-state index contributed by atoms with van der Waals surface area (Å²) in [6.45, 7) is 0.695. The minimum atomic E-state index is -0.515. The highest BCUT2D eigenvalue weighted by molar-refractivity contribution is 9.10. The van der Waals surface area contributed by atoms with Gasteiger partial charge in [-0.05, 0) is 78.2 Å². The van der Waals surface area contributed by atoms with E-state index in [0.717, 1.165) is 17.0 Å². The molecule has 0 unspecified atom stereocenters. The molecule has 5 rings (SSSR count). The van der Waals surface area contributed by atoms with Crippen molar-refractivity contribution in [2.24, 2.45) is 0 Å². The number of anilines is 2. The van der Waals surface area contributed by atoms with Gasteiger partial charge >= 0.3 is 0 Å². The number of nitrogens with zero attached hydrogens (tertiary/aromatic N) is 1. The smallest absolute Gasteiger partial charge is 0.272 e. The predicted molar refractivity (Wildman–Crippen MR) is 177 cm³/mol. The Kier molecular flexibility index (Phi) is 10.0. The maximum atomic E-state index is 13.5. The first kappa shape index (κ1) is 30.9. The molecule has 1 aliphatic rings. The van der Waals surface area contributed by atoms with Crippen molar-refractivity contribution in [2.75, 3.05) is 36.7 Å². The second-order valence-electron chi connectivity index (χ2n) is 9.80. The van der Waals surface area contributed by atoms with E-state index in [1.807, 2.05) is 41.3 Å². The standard InChI is InChI=1S/C34H30BrN3O5S/c1-42-30-19-24(27(35)20-31(30)43-2)18-28(37-33(40)23-9-4-3-5-10-23)34(41)36-25-12-14-26(15-13-25)44-21-32(39)38-17-16-22-8-6-7-11-29(22)38/h3-15,18-20H,16-17,21H2,1-2H3,(H,36,41)(H,37,40)/b28-18-. The van der Waals surface area contributed by atoms with Crippen LogP contribution in [0.3, 0.4) is 0 Å². The first-order valence-corrected chi connectivity index (χ1v) is 15.6. The molecule has 0 spiro atoms. The van der Waals surface area contributed by atoms with Crippen LogP contribution >= 0.6 is 27.7 Å². The molecule has 10 heteroatoms. The third-order valence-corrected chi connectivity index (χ3v) is 8.68. The Labute approximate surface area is 268 Å². The van der Waals surface area contributed by atoms with E-state index >= 15 is 0 Å². The Bertz CT molecular complexity index is 1710. The number of fused-ring (bicyclic) bond motifs is 1. The Morgan fingerprint density at radius 3 is 2.32 bits per heavy atom. The molecule has 0 fully saturated rings. The minimum absolute atomic E-state index is 0.0294. The van der Waals surface area contributed by atoms with Gasteiger partial charge in [0.05, 0.1) is 20.0 Å². The third kappa shape index (κ3) is 7.32. The lowest BCUT2D eigenvalue weighted by Crippen LogP contribution is -2.30. The maximum absolute atomic E-state index is 13.5. The zero-order chi connectivity index (χ0) is 31.1. The van der Waals surface area contributed by atoms with Gasteiger partial charge in [-0.1, -0.05) is 52.3 Å². The lowest BCUT2D eigenvalue weighted by atomic mass is 10.1. The molecule has 0 radical (unpaired) electrons. The summed E-state index contributed by atoms with van der Waals surface area (Å²) in [6.07, 6.45) is 2.43. The molecule has 1 aliphatic heterocycles. The van der Waals surface area contributed by atoms with E-state index in [2.05, 4.69) is 32.6 Å². The summed E-state index contributed by atoms with van der Waals surface area (Å²) in [7, 11) is 3.06. The molecule has 44 heavy (non-hydrogen) atoms. The second kappa shape index (κ2) is 14.3. The predicted octanol–water partition coefficient (Wildman–Crippen LogP) is 6.56. The summed E-state index contributed by atoms with van der Waals surface area (Å²) in [5.74, 6) is 0.401. The van der Waals surface area contributed by atoms with Crippen molar-refractivity contribution in [3.05, 3.63) is 118 Å². The van der Waals surface area contributed by atoms with E-state index in [1.165, 1.54) is 31.5 Å². The van der Waals surface area contributed by atoms with Crippen molar-refractivity contribution in [2.45, 2.75) is 11.3 Å². The summed E-state index contributed by atoms with van der Waals surface area (Å²) in [5, 5.41) is 5.60. The average Bonchev–Trinajstić information content (AvgIpc) is 3.49. The number of carbonyl (C=O) groups is 3. The van der Waals surface area contributed by atoms with Crippen LogP contribution < -0.4 is 25.0 Å². The fourth-order valence-electron chi connectivity index (χ4n) is 4.73. The number of amides is 3. The molecule has 0 aromatic heterocycles. The molecule has 4 aromatic rings. The number of halogens is 1. The van der Waals surface area contributed by atoms with Crippen LogP contribution in [0.15, 0.2) is 106 Å². The van der Waals surface area contributed by atoms with Crippen molar-refractivity contribution < 1.29 is 23.9 Å². The highest BCUT2D eigenvalue weighted by Crippen LogP contribution is 2.34. The fourth-order valence-corrected chi connectivity index (χ4v) is 5.94. The number of carbonyl (C=O) groups excluding carboxylic acids is 3. The number of hydrogen-bond donors (Lipinski definition) is 2. The van der Waals surface area contributed by atoms with E-state index in [0.29, 0.717) is 45.1 Å². The first-order valence-electron chi connectivity index (χ1n) is 13.8. The number of rotatable bonds is 10. The van der Waals surface area contributed by atoms with Crippen LogP contribution in [0, 0.1) is 0 Å². The van der Waals surface area contributed by atoms with E-state index < -0.39 is 11.8 Å². The molecule has 1 heterocycles. The Balaban J connectivity index is 1.30. The van der Waals surface area contributed by atoms with E-state index in [4.69, 9.17) is 9.47 Å². The van der Waals surface area contributed by atoms with Crippen molar-refractivity contribution in [3.8, 4) is 11.5 Å². The van der Waals surface area contributed by atoms with Crippen molar-refractivity contribution in [1.82, 2.24) is 5.32 Å². The number of hydrogen-bond acceptors (Lipinski definition) is 6. The van der Waals surface area contributed by atoms with Crippen molar-refractivity contribution in [1.29, 1.82) is 0 Å². The minimum Gasteiger partial charge on any atom is -0.493 e. The molecule has 0 bridgehead atoms. The maximum Gasteiger partial charge on any atom is 0.272 e. The van der Waals surface area contributed by atoms with Crippen LogP contribution in [0.2, 0.25) is 0 Å². The van der Waals surface area contributed by atoms with E-state index in [1.54, 1.807) is 54.6 Å². The molecule has 8 nitrogen and oxygen atoms in total. The highest BCUT2D eigenvalue weighted by atomic mass is 79.9. The summed E-state index contributed by atoms with van der Waals surface area (Å²) >= 11 is 4.96. The van der Waals surface area contributed by atoms with Gasteiger partial charge in [-0.25, -0.2) is 0 Å². The monoisotopic (exact) mass is 671 g/mol. The SMILES string of the molecule is COc1cc(Br)c(/C=C(\NC(=O)c2ccccc2)C(=O)Nc2ccc(SCC(=O)N3CCc4ccccc43)cc2)cc1OC. The second-order valence-corrected chi connectivity index (χ2v) is 11.7. The lowest BCUT2D eigenvalue weighted by Gasteiger charge is -2.17. The molecule has 4 aromatic carbocycles. The molecule has 0 aliphatic carbocycles. The number of thioether (sulfide) groups is 1. The summed E-state index contributed by atoms with van der Waals surface area (Å²) in [5.41, 5.74) is 3.74. The molecule has 3 amide bonds. The molecular weight excluding hydrogens is 642 g/mol. The number of benzene rings is 4. The largest absolute Gasteiger partial charge is 0.493 e. The van der Waals surface area contributed by atoms with Gasteiger partial charge in [0.15, 0.2) is 11.5 Å². The topological polar surface area (TPSA) is 97.0 Å². The van der Waals surface area contributed by atoms with Crippen molar-refractivity contribution >= 4 is 62.9 Å². The number of nitrogens with one attached hydrogen (secondary N) is 2. The molecule has 0 saturated heterocycles. The zero-order valence-electron chi connectivity index (χ0n) is 24.1. The van der Waals surface area contributed by atoms with Gasteiger partial charge in [-0.2, -0.15) is 0 Å². The Morgan fingerprint density at radius 2 is 1.59 bits per heavy atom. The van der Waals surface area contributed by atoms with Gasteiger partial charge in [0.1, 0.15) is 5.70 Å². The molecular formula is C34H30BrN3O5S. The van der Waals surface area contributed by atoms with Crippen LogP contribution in [-0.4, -0.2) is 44.2 Å². The summed E-state index contributed by atoms with van der Waals surface area (Å²) in [6, 6.07) is 27.3. The van der Waals surface area contributed by atoms with Crippen molar-refractivity contribution in [3.63, 3.8) is 0 Å². The van der Waals surface area contributed by atoms with Crippen LogP contribution in [0.25, 0.3) is 6.08 Å². The summed E-state index contributed by atoms with van der Waals surface area (Å²) < 4.78 is 11.4. The van der Waals surface area contributed by atoms with Gasteiger partial charge < -0.3 is 25.0 Å². The summed E-state index contributed by atoms with van der Waals surface area (Å²) in [4.78, 5) is 42.2. The molecule has 224 valence electrons. The zero-order valence-corrected chi connectivity index (χ0v) is 26.5. The van der Waals surface area contributed by atoms with Gasteiger partial charge in [-0.15, -0.1) is 11.8 Å². The average molecular weight is 673 g/mol.